The maximum atomic E-state index is 2.35. The fraction of sp³-hybridized carbons (Fsp3) is 0.517. The highest BCUT2D eigenvalue weighted by molar-refractivity contribution is 5.50. The molecular weight excluding hydrogens is 348 g/mol. The Labute approximate surface area is 180 Å². The SMILES string of the molecule is CCC/C=C/c1cccc(CCc2ccc(CCCCCCCCCC)cc2)c1. The van der Waals surface area contributed by atoms with Crippen molar-refractivity contribution in [2.75, 3.05) is 0 Å². The molecule has 29 heavy (non-hydrogen) atoms. The zero-order chi connectivity index (χ0) is 20.6. The normalized spacial score (nSPS) is 11.4. The van der Waals surface area contributed by atoms with Crippen molar-refractivity contribution >= 4 is 6.08 Å². The molecule has 0 spiro atoms. The van der Waals surface area contributed by atoms with Crippen molar-refractivity contribution < 1.29 is 0 Å². The molecule has 0 nitrogen and oxygen atoms in total. The first-order valence-electron chi connectivity index (χ1n) is 12.1. The van der Waals surface area contributed by atoms with E-state index in [4.69, 9.17) is 0 Å². The second-order valence-electron chi connectivity index (χ2n) is 8.48. The third-order valence-corrected chi connectivity index (χ3v) is 5.76. The molecule has 0 N–H and O–H groups in total. The van der Waals surface area contributed by atoms with E-state index in [1.165, 1.54) is 86.5 Å². The first-order chi connectivity index (χ1) is 14.3. The summed E-state index contributed by atoms with van der Waals surface area (Å²) < 4.78 is 0. The second-order valence-corrected chi connectivity index (χ2v) is 8.48. The first kappa shape index (κ1) is 23.5. The minimum atomic E-state index is 1.12. The molecule has 0 aromatic heterocycles. The highest BCUT2D eigenvalue weighted by Crippen LogP contribution is 2.15. The predicted octanol–water partition coefficient (Wildman–Crippen LogP) is 8.97. The van der Waals surface area contributed by atoms with Gasteiger partial charge in [-0.1, -0.05) is 126 Å². The van der Waals surface area contributed by atoms with E-state index in [2.05, 4.69) is 74.5 Å². The van der Waals surface area contributed by atoms with Gasteiger partial charge < -0.3 is 0 Å². The van der Waals surface area contributed by atoms with Crippen LogP contribution in [0, 0.1) is 0 Å². The summed E-state index contributed by atoms with van der Waals surface area (Å²) in [6, 6.07) is 18.4. The molecule has 0 fully saturated rings. The van der Waals surface area contributed by atoms with E-state index in [1.54, 1.807) is 0 Å². The van der Waals surface area contributed by atoms with Crippen LogP contribution in [0.1, 0.15) is 100 Å². The van der Waals surface area contributed by atoms with Gasteiger partial charge >= 0.3 is 0 Å². The van der Waals surface area contributed by atoms with Crippen LogP contribution >= 0.6 is 0 Å². The molecule has 0 aliphatic heterocycles. The fourth-order valence-electron chi connectivity index (χ4n) is 3.86. The highest BCUT2D eigenvalue weighted by Gasteiger charge is 1.99. The van der Waals surface area contributed by atoms with Crippen LogP contribution < -0.4 is 0 Å². The summed E-state index contributed by atoms with van der Waals surface area (Å²) in [7, 11) is 0. The van der Waals surface area contributed by atoms with E-state index in [0.717, 1.165) is 19.3 Å². The van der Waals surface area contributed by atoms with Crippen LogP contribution in [0.4, 0.5) is 0 Å². The number of unbranched alkanes of at least 4 members (excludes halogenated alkanes) is 8. The van der Waals surface area contributed by atoms with Gasteiger partial charge in [-0.25, -0.2) is 0 Å². The number of rotatable bonds is 15. The zero-order valence-corrected chi connectivity index (χ0v) is 19.0. The van der Waals surface area contributed by atoms with Gasteiger partial charge in [-0.05, 0) is 54.4 Å². The van der Waals surface area contributed by atoms with Gasteiger partial charge in [-0.15, -0.1) is 0 Å². The summed E-state index contributed by atoms with van der Waals surface area (Å²) in [5, 5.41) is 0. The molecule has 0 bridgehead atoms. The monoisotopic (exact) mass is 390 g/mol. The fourth-order valence-corrected chi connectivity index (χ4v) is 3.86. The van der Waals surface area contributed by atoms with Gasteiger partial charge in [-0.2, -0.15) is 0 Å². The van der Waals surface area contributed by atoms with Crippen LogP contribution in [0.5, 0.6) is 0 Å². The summed E-state index contributed by atoms with van der Waals surface area (Å²) in [5.41, 5.74) is 5.72. The maximum Gasteiger partial charge on any atom is -0.0238 e. The molecule has 0 aliphatic carbocycles. The van der Waals surface area contributed by atoms with Gasteiger partial charge in [0.2, 0.25) is 0 Å². The molecule has 0 atom stereocenters. The van der Waals surface area contributed by atoms with Gasteiger partial charge in [0.1, 0.15) is 0 Å². The van der Waals surface area contributed by atoms with E-state index < -0.39 is 0 Å². The molecule has 2 rings (SSSR count). The number of hydrogen-bond donors (Lipinski definition) is 0. The first-order valence-corrected chi connectivity index (χ1v) is 12.1. The van der Waals surface area contributed by atoms with Gasteiger partial charge in [0, 0.05) is 0 Å². The Balaban J connectivity index is 1.67. The van der Waals surface area contributed by atoms with Crippen molar-refractivity contribution in [2.24, 2.45) is 0 Å². The predicted molar refractivity (Wildman–Crippen MR) is 131 cm³/mol. The molecule has 2 aromatic carbocycles. The molecule has 0 radical (unpaired) electrons. The third kappa shape index (κ3) is 10.5. The van der Waals surface area contributed by atoms with E-state index in [-0.39, 0.29) is 0 Å². The Hall–Kier alpha value is -1.82. The third-order valence-electron chi connectivity index (χ3n) is 5.76. The van der Waals surface area contributed by atoms with Crippen LogP contribution in [0.2, 0.25) is 0 Å². The van der Waals surface area contributed by atoms with Gasteiger partial charge in [0.15, 0.2) is 0 Å². The molecule has 0 saturated heterocycles. The van der Waals surface area contributed by atoms with E-state index in [9.17, 15) is 0 Å². The number of aryl methyl sites for hydroxylation is 3. The Morgan fingerprint density at radius 2 is 1.21 bits per heavy atom. The van der Waals surface area contributed by atoms with Gasteiger partial charge in [-0.3, -0.25) is 0 Å². The van der Waals surface area contributed by atoms with Gasteiger partial charge in [0.25, 0.3) is 0 Å². The minimum Gasteiger partial charge on any atom is -0.0840 e. The molecule has 0 aliphatic rings. The Kier molecular flexibility index (Phi) is 12.2. The molecule has 0 amide bonds. The molecule has 158 valence electrons. The van der Waals surface area contributed by atoms with E-state index in [1.807, 2.05) is 0 Å². The van der Waals surface area contributed by atoms with Crippen molar-refractivity contribution in [1.29, 1.82) is 0 Å². The zero-order valence-electron chi connectivity index (χ0n) is 19.0. The Bertz CT molecular complexity index is 677. The van der Waals surface area contributed by atoms with Crippen molar-refractivity contribution in [3.05, 3.63) is 76.9 Å². The van der Waals surface area contributed by atoms with Crippen LogP contribution in [0.15, 0.2) is 54.6 Å². The summed E-state index contributed by atoms with van der Waals surface area (Å²) in [4.78, 5) is 0. The van der Waals surface area contributed by atoms with Crippen molar-refractivity contribution in [3.63, 3.8) is 0 Å². The molecular formula is C29H42. The van der Waals surface area contributed by atoms with Crippen LogP contribution in [0.25, 0.3) is 6.08 Å². The number of allylic oxidation sites excluding steroid dienone is 1. The standard InChI is InChI=1S/C29H42/c1-3-5-7-8-9-10-11-13-15-26-19-21-27(22-20-26)23-24-29-18-14-17-28(25-29)16-12-6-4-2/h12,14,16-22,25H,3-11,13,15,23-24H2,1-2H3/b16-12+. The van der Waals surface area contributed by atoms with E-state index in [0.29, 0.717) is 0 Å². The summed E-state index contributed by atoms with van der Waals surface area (Å²) in [6.07, 6.45) is 21.6. The molecule has 0 saturated carbocycles. The van der Waals surface area contributed by atoms with Crippen molar-refractivity contribution in [1.82, 2.24) is 0 Å². The maximum absolute atomic E-state index is 2.35. The molecule has 2 aromatic rings. The summed E-state index contributed by atoms with van der Waals surface area (Å²) >= 11 is 0. The number of hydrogen-bond acceptors (Lipinski definition) is 0. The number of benzene rings is 2. The van der Waals surface area contributed by atoms with Crippen LogP contribution in [-0.2, 0) is 19.3 Å². The summed E-state index contributed by atoms with van der Waals surface area (Å²) in [5.74, 6) is 0. The smallest absolute Gasteiger partial charge is 0.0238 e. The molecule has 0 heterocycles. The average Bonchev–Trinajstić information content (AvgIpc) is 2.75. The van der Waals surface area contributed by atoms with Crippen LogP contribution in [0.3, 0.4) is 0 Å². The Morgan fingerprint density at radius 3 is 1.90 bits per heavy atom. The summed E-state index contributed by atoms with van der Waals surface area (Å²) in [6.45, 7) is 4.51. The van der Waals surface area contributed by atoms with Crippen LogP contribution in [-0.4, -0.2) is 0 Å². The molecule has 0 unspecified atom stereocenters. The van der Waals surface area contributed by atoms with Crippen molar-refractivity contribution in [2.45, 2.75) is 97.3 Å². The van der Waals surface area contributed by atoms with Gasteiger partial charge in [0.05, 0.1) is 0 Å². The Morgan fingerprint density at radius 1 is 0.586 bits per heavy atom. The lowest BCUT2D eigenvalue weighted by Gasteiger charge is -2.06. The largest absolute Gasteiger partial charge is 0.0840 e. The average molecular weight is 391 g/mol. The topological polar surface area (TPSA) is 0 Å². The minimum absolute atomic E-state index is 1.12. The quantitative estimate of drug-likeness (QED) is 0.266. The lowest BCUT2D eigenvalue weighted by molar-refractivity contribution is 0.575. The van der Waals surface area contributed by atoms with E-state index >= 15 is 0 Å². The second kappa shape index (κ2) is 15.1. The lowest BCUT2D eigenvalue weighted by Crippen LogP contribution is -1.93. The highest BCUT2D eigenvalue weighted by atomic mass is 14.0. The lowest BCUT2D eigenvalue weighted by atomic mass is 9.99. The van der Waals surface area contributed by atoms with Crippen molar-refractivity contribution in [3.8, 4) is 0 Å². The molecule has 0 heteroatoms.